The second kappa shape index (κ2) is 8.19. The fourth-order valence-corrected chi connectivity index (χ4v) is 3.81. The van der Waals surface area contributed by atoms with Gasteiger partial charge in [0, 0.05) is 26.1 Å². The SMILES string of the molecule is Cc1ccc(CN2CC(C(=O)NC3(CN)CCCC3)CC2=O)cc1.Cl. The minimum absolute atomic E-state index is 0. The Kier molecular flexibility index (Phi) is 6.47. The Morgan fingerprint density at radius 2 is 1.92 bits per heavy atom. The van der Waals surface area contributed by atoms with E-state index < -0.39 is 0 Å². The number of hydrogen-bond acceptors (Lipinski definition) is 3. The van der Waals surface area contributed by atoms with Crippen LogP contribution in [0.25, 0.3) is 0 Å². The standard InChI is InChI=1S/C19H27N3O2.ClH/c1-14-4-6-15(7-5-14)11-22-12-16(10-17(22)23)18(24)21-19(13-20)8-2-3-9-19;/h4-7,16H,2-3,8-13,20H2,1H3,(H,21,24);1H. The van der Waals surface area contributed by atoms with Crippen molar-refractivity contribution in [2.75, 3.05) is 13.1 Å². The Morgan fingerprint density at radius 3 is 2.52 bits per heavy atom. The number of rotatable bonds is 5. The first-order chi connectivity index (χ1) is 11.5. The number of halogens is 1. The van der Waals surface area contributed by atoms with E-state index in [1.54, 1.807) is 4.90 Å². The highest BCUT2D eigenvalue weighted by Crippen LogP contribution is 2.30. The summed E-state index contributed by atoms with van der Waals surface area (Å²) in [6.45, 7) is 3.60. The molecule has 5 nitrogen and oxygen atoms in total. The number of nitrogens with zero attached hydrogens (tertiary/aromatic N) is 1. The van der Waals surface area contributed by atoms with E-state index in [0.29, 0.717) is 26.1 Å². The molecule has 25 heavy (non-hydrogen) atoms. The maximum Gasteiger partial charge on any atom is 0.225 e. The molecule has 2 amide bonds. The van der Waals surface area contributed by atoms with Crippen LogP contribution in [-0.2, 0) is 16.1 Å². The topological polar surface area (TPSA) is 75.4 Å². The van der Waals surface area contributed by atoms with Crippen molar-refractivity contribution in [3.05, 3.63) is 35.4 Å². The molecular formula is C19H28ClN3O2. The molecule has 1 aromatic rings. The molecule has 3 rings (SSSR count). The summed E-state index contributed by atoms with van der Waals surface area (Å²) in [5.74, 6) is -0.210. The first kappa shape index (κ1) is 19.7. The smallest absolute Gasteiger partial charge is 0.225 e. The Morgan fingerprint density at radius 1 is 1.28 bits per heavy atom. The minimum Gasteiger partial charge on any atom is -0.349 e. The molecule has 1 heterocycles. The highest BCUT2D eigenvalue weighted by molar-refractivity contribution is 5.89. The van der Waals surface area contributed by atoms with Crippen molar-refractivity contribution in [3.8, 4) is 0 Å². The average Bonchev–Trinajstić information content (AvgIpc) is 3.18. The zero-order chi connectivity index (χ0) is 17.2. The molecule has 6 heteroatoms. The Hall–Kier alpha value is -1.59. The molecule has 1 aliphatic carbocycles. The Labute approximate surface area is 155 Å². The molecule has 2 aliphatic rings. The van der Waals surface area contributed by atoms with Crippen LogP contribution in [-0.4, -0.2) is 35.3 Å². The van der Waals surface area contributed by atoms with E-state index in [2.05, 4.69) is 5.32 Å². The molecule has 1 unspecified atom stereocenters. The molecule has 1 aromatic carbocycles. The van der Waals surface area contributed by atoms with E-state index >= 15 is 0 Å². The van der Waals surface area contributed by atoms with Gasteiger partial charge in [-0.15, -0.1) is 12.4 Å². The fourth-order valence-electron chi connectivity index (χ4n) is 3.81. The number of carbonyl (C=O) groups is 2. The molecule has 1 saturated carbocycles. The molecule has 0 bridgehead atoms. The van der Waals surface area contributed by atoms with Gasteiger partial charge in [0.1, 0.15) is 0 Å². The Balaban J connectivity index is 0.00000225. The zero-order valence-electron chi connectivity index (χ0n) is 14.8. The van der Waals surface area contributed by atoms with Crippen LogP contribution < -0.4 is 11.1 Å². The lowest BCUT2D eigenvalue weighted by Crippen LogP contribution is -2.53. The largest absolute Gasteiger partial charge is 0.349 e. The van der Waals surface area contributed by atoms with Gasteiger partial charge in [-0.1, -0.05) is 42.7 Å². The highest BCUT2D eigenvalue weighted by atomic mass is 35.5. The van der Waals surface area contributed by atoms with E-state index in [0.717, 1.165) is 31.2 Å². The summed E-state index contributed by atoms with van der Waals surface area (Å²) >= 11 is 0. The van der Waals surface area contributed by atoms with E-state index in [1.165, 1.54) is 5.56 Å². The van der Waals surface area contributed by atoms with Gasteiger partial charge in [-0.05, 0) is 25.3 Å². The van der Waals surface area contributed by atoms with E-state index in [4.69, 9.17) is 5.73 Å². The molecule has 1 aliphatic heterocycles. The molecule has 0 aromatic heterocycles. The zero-order valence-corrected chi connectivity index (χ0v) is 15.6. The molecule has 1 atom stereocenters. The quantitative estimate of drug-likeness (QED) is 0.839. The van der Waals surface area contributed by atoms with E-state index in [9.17, 15) is 9.59 Å². The molecule has 3 N–H and O–H groups in total. The van der Waals surface area contributed by atoms with Gasteiger partial charge in [0.15, 0.2) is 0 Å². The van der Waals surface area contributed by atoms with Crippen LogP contribution >= 0.6 is 12.4 Å². The van der Waals surface area contributed by atoms with Gasteiger partial charge in [0.05, 0.1) is 11.5 Å². The molecule has 1 saturated heterocycles. The third-order valence-electron chi connectivity index (χ3n) is 5.42. The number of amides is 2. The number of nitrogens with one attached hydrogen (secondary N) is 1. The van der Waals surface area contributed by atoms with Crippen molar-refractivity contribution in [1.29, 1.82) is 0 Å². The number of benzene rings is 1. The van der Waals surface area contributed by atoms with Crippen molar-refractivity contribution in [3.63, 3.8) is 0 Å². The van der Waals surface area contributed by atoms with Gasteiger partial charge >= 0.3 is 0 Å². The predicted molar refractivity (Wildman–Crippen MR) is 100 cm³/mol. The lowest BCUT2D eigenvalue weighted by Gasteiger charge is -2.30. The number of likely N-dealkylation sites (tertiary alicyclic amines) is 1. The molecule has 2 fully saturated rings. The van der Waals surface area contributed by atoms with Crippen LogP contribution in [0.1, 0.15) is 43.2 Å². The van der Waals surface area contributed by atoms with Crippen LogP contribution in [0.3, 0.4) is 0 Å². The number of nitrogens with two attached hydrogens (primary N) is 1. The summed E-state index contributed by atoms with van der Waals surface area (Å²) in [4.78, 5) is 26.7. The predicted octanol–water partition coefficient (Wildman–Crippen LogP) is 2.15. The summed E-state index contributed by atoms with van der Waals surface area (Å²) in [5.41, 5.74) is 7.95. The Bertz CT molecular complexity index is 612. The summed E-state index contributed by atoms with van der Waals surface area (Å²) in [6, 6.07) is 8.17. The third-order valence-corrected chi connectivity index (χ3v) is 5.42. The second-order valence-corrected chi connectivity index (χ2v) is 7.34. The maximum absolute atomic E-state index is 12.6. The highest BCUT2D eigenvalue weighted by Gasteiger charge is 2.39. The first-order valence-corrected chi connectivity index (χ1v) is 8.87. The second-order valence-electron chi connectivity index (χ2n) is 7.34. The molecule has 0 spiro atoms. The van der Waals surface area contributed by atoms with Crippen molar-refractivity contribution >= 4 is 24.2 Å². The van der Waals surface area contributed by atoms with E-state index in [1.807, 2.05) is 31.2 Å². The van der Waals surface area contributed by atoms with Crippen molar-refractivity contribution < 1.29 is 9.59 Å². The summed E-state index contributed by atoms with van der Waals surface area (Å²) in [7, 11) is 0. The summed E-state index contributed by atoms with van der Waals surface area (Å²) in [5, 5.41) is 3.15. The molecule has 0 radical (unpaired) electrons. The monoisotopic (exact) mass is 365 g/mol. The van der Waals surface area contributed by atoms with Crippen molar-refractivity contribution in [2.24, 2.45) is 11.7 Å². The third kappa shape index (κ3) is 4.53. The van der Waals surface area contributed by atoms with Gasteiger partial charge in [-0.25, -0.2) is 0 Å². The first-order valence-electron chi connectivity index (χ1n) is 8.87. The lowest BCUT2D eigenvalue weighted by molar-refractivity contribution is -0.129. The summed E-state index contributed by atoms with van der Waals surface area (Å²) < 4.78 is 0. The van der Waals surface area contributed by atoms with Crippen LogP contribution in [0, 0.1) is 12.8 Å². The fraction of sp³-hybridized carbons (Fsp3) is 0.579. The number of carbonyl (C=O) groups excluding carboxylic acids is 2. The van der Waals surface area contributed by atoms with Crippen LogP contribution in [0.5, 0.6) is 0 Å². The number of hydrogen-bond donors (Lipinski definition) is 2. The van der Waals surface area contributed by atoms with Crippen LogP contribution in [0.2, 0.25) is 0 Å². The van der Waals surface area contributed by atoms with Gasteiger partial charge in [0.2, 0.25) is 11.8 Å². The lowest BCUT2D eigenvalue weighted by atomic mass is 9.96. The number of aryl methyl sites for hydroxylation is 1. The van der Waals surface area contributed by atoms with Crippen LogP contribution in [0.15, 0.2) is 24.3 Å². The van der Waals surface area contributed by atoms with Gasteiger partial charge < -0.3 is 16.0 Å². The van der Waals surface area contributed by atoms with Gasteiger partial charge in [-0.2, -0.15) is 0 Å². The molecule has 138 valence electrons. The van der Waals surface area contributed by atoms with Crippen molar-refractivity contribution in [2.45, 2.75) is 51.1 Å². The van der Waals surface area contributed by atoms with Crippen molar-refractivity contribution in [1.82, 2.24) is 10.2 Å². The minimum atomic E-state index is -0.257. The molecular weight excluding hydrogens is 338 g/mol. The van der Waals surface area contributed by atoms with Gasteiger partial charge in [0.25, 0.3) is 0 Å². The van der Waals surface area contributed by atoms with E-state index in [-0.39, 0.29) is 35.7 Å². The van der Waals surface area contributed by atoms with Gasteiger partial charge in [-0.3, -0.25) is 9.59 Å². The maximum atomic E-state index is 12.6. The average molecular weight is 366 g/mol. The van der Waals surface area contributed by atoms with Crippen LogP contribution in [0.4, 0.5) is 0 Å². The summed E-state index contributed by atoms with van der Waals surface area (Å²) in [6.07, 6.45) is 4.42. The normalized spacial score (nSPS) is 21.9.